The van der Waals surface area contributed by atoms with Gasteiger partial charge in [0.1, 0.15) is 12.4 Å². The maximum Gasteiger partial charge on any atom is 0.323 e. The van der Waals surface area contributed by atoms with E-state index in [4.69, 9.17) is 5.11 Å². The summed E-state index contributed by atoms with van der Waals surface area (Å²) in [5, 5.41) is 8.96. The number of rotatable bonds is 4. The number of aliphatic carboxylic acids is 1. The number of benzene rings is 2. The van der Waals surface area contributed by atoms with E-state index >= 15 is 0 Å². The van der Waals surface area contributed by atoms with Gasteiger partial charge in [-0.1, -0.05) is 18.2 Å². The molecule has 0 atom stereocenters. The zero-order chi connectivity index (χ0) is 15.4. The third-order valence-corrected chi connectivity index (χ3v) is 3.42. The maximum atomic E-state index is 13.5. The number of hydrogen-bond acceptors (Lipinski definition) is 2. The third kappa shape index (κ3) is 3.66. The molecule has 0 radical (unpaired) electrons. The monoisotopic (exact) mass is 351 g/mol. The standard InChI is InChI=1S/C15H11BrFNO3/c16-12-7-6-10(8-13(12)17)15(21)18(9-14(19)20)11-4-2-1-3-5-11/h1-8H,9H2,(H,19,20). The summed E-state index contributed by atoms with van der Waals surface area (Å²) in [5.41, 5.74) is 0.522. The number of para-hydroxylation sites is 1. The fourth-order valence-electron chi connectivity index (χ4n) is 1.81. The zero-order valence-electron chi connectivity index (χ0n) is 10.8. The molecule has 0 heterocycles. The first-order chi connectivity index (χ1) is 9.99. The Morgan fingerprint density at radius 3 is 2.38 bits per heavy atom. The number of hydrogen-bond donors (Lipinski definition) is 1. The van der Waals surface area contributed by atoms with Crippen molar-refractivity contribution in [2.24, 2.45) is 0 Å². The highest BCUT2D eigenvalue weighted by molar-refractivity contribution is 9.10. The molecule has 0 aliphatic rings. The van der Waals surface area contributed by atoms with Crippen LogP contribution in [0, 0.1) is 5.82 Å². The molecule has 4 nitrogen and oxygen atoms in total. The molecule has 1 N–H and O–H groups in total. The van der Waals surface area contributed by atoms with Crippen LogP contribution in [-0.4, -0.2) is 23.5 Å². The van der Waals surface area contributed by atoms with Crippen LogP contribution < -0.4 is 4.90 Å². The normalized spacial score (nSPS) is 10.2. The van der Waals surface area contributed by atoms with Gasteiger partial charge in [-0.3, -0.25) is 14.5 Å². The lowest BCUT2D eigenvalue weighted by molar-refractivity contribution is -0.135. The molecule has 0 saturated carbocycles. The van der Waals surface area contributed by atoms with Crippen molar-refractivity contribution >= 4 is 33.5 Å². The maximum absolute atomic E-state index is 13.5. The van der Waals surface area contributed by atoms with Gasteiger partial charge in [-0.05, 0) is 46.3 Å². The molecule has 0 aliphatic heterocycles. The van der Waals surface area contributed by atoms with E-state index in [1.165, 1.54) is 12.1 Å². The molecule has 0 unspecified atom stereocenters. The summed E-state index contributed by atoms with van der Waals surface area (Å²) in [5.74, 6) is -2.30. The van der Waals surface area contributed by atoms with Crippen LogP contribution in [-0.2, 0) is 4.79 Å². The van der Waals surface area contributed by atoms with Crippen molar-refractivity contribution in [3.63, 3.8) is 0 Å². The Morgan fingerprint density at radius 2 is 1.81 bits per heavy atom. The molecule has 0 aliphatic carbocycles. The smallest absolute Gasteiger partial charge is 0.323 e. The summed E-state index contributed by atoms with van der Waals surface area (Å²) in [6.07, 6.45) is 0. The van der Waals surface area contributed by atoms with Crippen molar-refractivity contribution in [2.75, 3.05) is 11.4 Å². The Bertz CT molecular complexity index is 676. The fraction of sp³-hybridized carbons (Fsp3) is 0.0667. The molecule has 0 bridgehead atoms. The molecule has 0 fully saturated rings. The van der Waals surface area contributed by atoms with Crippen molar-refractivity contribution < 1.29 is 19.1 Å². The van der Waals surface area contributed by atoms with E-state index in [1.807, 2.05) is 0 Å². The van der Waals surface area contributed by atoms with Crippen LogP contribution in [0.1, 0.15) is 10.4 Å². The van der Waals surface area contributed by atoms with Gasteiger partial charge >= 0.3 is 5.97 Å². The summed E-state index contributed by atoms with van der Waals surface area (Å²) >= 11 is 3.01. The Balaban J connectivity index is 2.38. The van der Waals surface area contributed by atoms with E-state index in [1.54, 1.807) is 30.3 Å². The van der Waals surface area contributed by atoms with Crippen molar-refractivity contribution in [1.82, 2.24) is 0 Å². The van der Waals surface area contributed by atoms with Crippen molar-refractivity contribution in [3.8, 4) is 0 Å². The van der Waals surface area contributed by atoms with E-state index in [0.29, 0.717) is 5.69 Å². The van der Waals surface area contributed by atoms with Crippen LogP contribution in [0.15, 0.2) is 53.0 Å². The third-order valence-electron chi connectivity index (χ3n) is 2.77. The molecule has 2 rings (SSSR count). The molecule has 0 saturated heterocycles. The molecule has 6 heteroatoms. The Hall–Kier alpha value is -2.21. The quantitative estimate of drug-likeness (QED) is 0.919. The van der Waals surface area contributed by atoms with E-state index in [2.05, 4.69) is 15.9 Å². The summed E-state index contributed by atoms with van der Waals surface area (Å²) in [6, 6.07) is 12.3. The minimum Gasteiger partial charge on any atom is -0.480 e. The van der Waals surface area contributed by atoms with Gasteiger partial charge in [0.15, 0.2) is 0 Å². The van der Waals surface area contributed by atoms with E-state index in [9.17, 15) is 14.0 Å². The average molecular weight is 352 g/mol. The summed E-state index contributed by atoms with van der Waals surface area (Å²) in [6.45, 7) is -0.499. The number of carbonyl (C=O) groups is 2. The van der Waals surface area contributed by atoms with Crippen molar-refractivity contribution in [2.45, 2.75) is 0 Å². The number of halogens is 2. The number of carboxylic acids is 1. The highest BCUT2D eigenvalue weighted by Gasteiger charge is 2.21. The summed E-state index contributed by atoms with van der Waals surface area (Å²) < 4.78 is 13.8. The lowest BCUT2D eigenvalue weighted by atomic mass is 10.1. The van der Waals surface area contributed by atoms with Crippen LogP contribution in [0.25, 0.3) is 0 Å². The number of nitrogens with zero attached hydrogens (tertiary/aromatic N) is 1. The predicted molar refractivity (Wildman–Crippen MR) is 79.9 cm³/mol. The Labute approximate surface area is 128 Å². The molecule has 21 heavy (non-hydrogen) atoms. The predicted octanol–water partition coefficient (Wildman–Crippen LogP) is 3.32. The number of anilines is 1. The van der Waals surface area contributed by atoms with Gasteiger partial charge in [0.25, 0.3) is 5.91 Å². The molecule has 1 amide bonds. The second kappa shape index (κ2) is 6.49. The lowest BCUT2D eigenvalue weighted by Gasteiger charge is -2.21. The molecule has 2 aromatic carbocycles. The first-order valence-electron chi connectivity index (χ1n) is 6.03. The minimum atomic E-state index is -1.15. The molecule has 2 aromatic rings. The number of carboxylic acid groups (broad SMARTS) is 1. The van der Waals surface area contributed by atoms with Gasteiger partial charge in [-0.25, -0.2) is 4.39 Å². The fourth-order valence-corrected chi connectivity index (χ4v) is 2.06. The van der Waals surface area contributed by atoms with Gasteiger partial charge in [-0.2, -0.15) is 0 Å². The minimum absolute atomic E-state index is 0.0841. The molecular weight excluding hydrogens is 341 g/mol. The first kappa shape index (κ1) is 15.2. The van der Waals surface area contributed by atoms with E-state index in [0.717, 1.165) is 11.0 Å². The van der Waals surface area contributed by atoms with Crippen LogP contribution in [0.5, 0.6) is 0 Å². The Morgan fingerprint density at radius 1 is 1.14 bits per heavy atom. The Kier molecular flexibility index (Phi) is 4.70. The molecular formula is C15H11BrFNO3. The van der Waals surface area contributed by atoms with Gasteiger partial charge in [-0.15, -0.1) is 0 Å². The van der Waals surface area contributed by atoms with Crippen LogP contribution in [0.3, 0.4) is 0 Å². The van der Waals surface area contributed by atoms with Crippen molar-refractivity contribution in [3.05, 3.63) is 64.4 Å². The lowest BCUT2D eigenvalue weighted by Crippen LogP contribution is -2.35. The second-order valence-corrected chi connectivity index (χ2v) is 5.10. The number of amides is 1. The second-order valence-electron chi connectivity index (χ2n) is 4.25. The van der Waals surface area contributed by atoms with Crippen LogP contribution >= 0.6 is 15.9 Å². The average Bonchev–Trinajstić information content (AvgIpc) is 2.47. The van der Waals surface area contributed by atoms with E-state index < -0.39 is 24.2 Å². The van der Waals surface area contributed by atoms with E-state index in [-0.39, 0.29) is 10.0 Å². The summed E-state index contributed by atoms with van der Waals surface area (Å²) in [7, 11) is 0. The van der Waals surface area contributed by atoms with Crippen LogP contribution in [0.2, 0.25) is 0 Å². The topological polar surface area (TPSA) is 57.6 Å². The van der Waals surface area contributed by atoms with Gasteiger partial charge < -0.3 is 5.11 Å². The molecule has 0 spiro atoms. The largest absolute Gasteiger partial charge is 0.480 e. The van der Waals surface area contributed by atoms with Gasteiger partial charge in [0, 0.05) is 11.3 Å². The first-order valence-corrected chi connectivity index (χ1v) is 6.82. The zero-order valence-corrected chi connectivity index (χ0v) is 12.4. The summed E-state index contributed by atoms with van der Waals surface area (Å²) in [4.78, 5) is 24.5. The van der Waals surface area contributed by atoms with Gasteiger partial charge in [0.2, 0.25) is 0 Å². The highest BCUT2D eigenvalue weighted by Crippen LogP contribution is 2.20. The van der Waals surface area contributed by atoms with Gasteiger partial charge in [0.05, 0.1) is 4.47 Å². The highest BCUT2D eigenvalue weighted by atomic mass is 79.9. The number of carbonyl (C=O) groups excluding carboxylic acids is 1. The molecule has 108 valence electrons. The molecule has 0 aromatic heterocycles. The van der Waals surface area contributed by atoms with Crippen molar-refractivity contribution in [1.29, 1.82) is 0 Å². The van der Waals surface area contributed by atoms with Crippen LogP contribution in [0.4, 0.5) is 10.1 Å². The SMILES string of the molecule is O=C(O)CN(C(=O)c1ccc(Br)c(F)c1)c1ccccc1.